The van der Waals surface area contributed by atoms with Crippen molar-refractivity contribution < 1.29 is 9.90 Å². The highest BCUT2D eigenvalue weighted by molar-refractivity contribution is 6.33. The molecule has 2 aromatic rings. The van der Waals surface area contributed by atoms with E-state index in [0.29, 0.717) is 10.6 Å². The summed E-state index contributed by atoms with van der Waals surface area (Å²) in [6, 6.07) is 14.4. The van der Waals surface area contributed by atoms with Gasteiger partial charge in [-0.25, -0.2) is 0 Å². The number of amides is 1. The Labute approximate surface area is 110 Å². The molecular formula is C14H12ClNO2. The number of hydrogen-bond acceptors (Lipinski definition) is 2. The first-order chi connectivity index (χ1) is 8.59. The standard InChI is InChI=1S/C14H12ClNO2/c15-12-4-2-1-3-11(12)9-5-7-10(8-6-9)13(17)14(16)18/h1-8,13,17H,(H2,16,18). The second kappa shape index (κ2) is 5.21. The van der Waals surface area contributed by atoms with Crippen molar-refractivity contribution in [1.29, 1.82) is 0 Å². The molecule has 3 nitrogen and oxygen atoms in total. The van der Waals surface area contributed by atoms with Crippen molar-refractivity contribution in [1.82, 2.24) is 0 Å². The van der Waals surface area contributed by atoms with Crippen molar-refractivity contribution in [3.8, 4) is 11.1 Å². The molecule has 0 heterocycles. The van der Waals surface area contributed by atoms with E-state index in [2.05, 4.69) is 0 Å². The lowest BCUT2D eigenvalue weighted by Crippen LogP contribution is -2.20. The predicted molar refractivity (Wildman–Crippen MR) is 71.0 cm³/mol. The van der Waals surface area contributed by atoms with Crippen LogP contribution in [0.2, 0.25) is 5.02 Å². The summed E-state index contributed by atoms with van der Waals surface area (Å²) in [4.78, 5) is 10.9. The van der Waals surface area contributed by atoms with Crippen molar-refractivity contribution in [3.05, 3.63) is 59.1 Å². The molecule has 92 valence electrons. The van der Waals surface area contributed by atoms with Gasteiger partial charge in [-0.2, -0.15) is 0 Å². The van der Waals surface area contributed by atoms with E-state index in [1.54, 1.807) is 24.3 Å². The Morgan fingerprint density at radius 1 is 1.11 bits per heavy atom. The molecule has 0 fully saturated rings. The van der Waals surface area contributed by atoms with Crippen molar-refractivity contribution in [2.24, 2.45) is 5.73 Å². The smallest absolute Gasteiger partial charge is 0.250 e. The highest BCUT2D eigenvalue weighted by Gasteiger charge is 2.13. The molecule has 4 heteroatoms. The fourth-order valence-electron chi connectivity index (χ4n) is 1.70. The molecule has 0 saturated heterocycles. The third-order valence-electron chi connectivity index (χ3n) is 2.68. The van der Waals surface area contributed by atoms with Crippen LogP contribution in [0.1, 0.15) is 11.7 Å². The van der Waals surface area contributed by atoms with Gasteiger partial charge in [0.25, 0.3) is 5.91 Å². The molecule has 1 amide bonds. The van der Waals surface area contributed by atoms with Gasteiger partial charge in [0.2, 0.25) is 0 Å². The Balaban J connectivity index is 2.34. The fraction of sp³-hybridized carbons (Fsp3) is 0.0714. The van der Waals surface area contributed by atoms with Crippen LogP contribution in [0.3, 0.4) is 0 Å². The molecule has 3 N–H and O–H groups in total. The van der Waals surface area contributed by atoms with Gasteiger partial charge < -0.3 is 10.8 Å². The second-order valence-electron chi connectivity index (χ2n) is 3.91. The fourth-order valence-corrected chi connectivity index (χ4v) is 1.95. The predicted octanol–water partition coefficient (Wildman–Crippen LogP) is 2.53. The Morgan fingerprint density at radius 3 is 2.28 bits per heavy atom. The molecule has 0 aliphatic carbocycles. The topological polar surface area (TPSA) is 63.3 Å². The summed E-state index contributed by atoms with van der Waals surface area (Å²) in [6.45, 7) is 0. The van der Waals surface area contributed by atoms with Crippen LogP contribution in [-0.2, 0) is 4.79 Å². The summed E-state index contributed by atoms with van der Waals surface area (Å²) < 4.78 is 0. The third kappa shape index (κ3) is 2.53. The lowest BCUT2D eigenvalue weighted by molar-refractivity contribution is -0.126. The second-order valence-corrected chi connectivity index (χ2v) is 4.31. The normalized spacial score (nSPS) is 12.1. The Kier molecular flexibility index (Phi) is 3.65. The molecule has 0 bridgehead atoms. The molecule has 0 spiro atoms. The van der Waals surface area contributed by atoms with Crippen LogP contribution in [-0.4, -0.2) is 11.0 Å². The van der Waals surface area contributed by atoms with E-state index < -0.39 is 12.0 Å². The molecule has 0 aromatic heterocycles. The number of aliphatic hydroxyl groups is 1. The van der Waals surface area contributed by atoms with Gasteiger partial charge in [0.1, 0.15) is 0 Å². The van der Waals surface area contributed by atoms with Gasteiger partial charge in [0.05, 0.1) is 0 Å². The zero-order valence-corrected chi connectivity index (χ0v) is 10.3. The zero-order valence-electron chi connectivity index (χ0n) is 9.51. The highest BCUT2D eigenvalue weighted by atomic mass is 35.5. The molecule has 18 heavy (non-hydrogen) atoms. The number of carbonyl (C=O) groups excluding carboxylic acids is 1. The minimum Gasteiger partial charge on any atom is -0.378 e. The number of aliphatic hydroxyl groups excluding tert-OH is 1. The molecule has 1 unspecified atom stereocenters. The van der Waals surface area contributed by atoms with Crippen LogP contribution in [0.4, 0.5) is 0 Å². The van der Waals surface area contributed by atoms with Crippen molar-refractivity contribution in [2.45, 2.75) is 6.10 Å². The van der Waals surface area contributed by atoms with Crippen LogP contribution in [0.15, 0.2) is 48.5 Å². The summed E-state index contributed by atoms with van der Waals surface area (Å²) in [5, 5.41) is 10.2. The first-order valence-corrected chi connectivity index (χ1v) is 5.79. The first-order valence-electron chi connectivity index (χ1n) is 5.42. The number of nitrogens with two attached hydrogens (primary N) is 1. The number of primary amides is 1. The van der Waals surface area contributed by atoms with Crippen LogP contribution < -0.4 is 5.73 Å². The van der Waals surface area contributed by atoms with Crippen LogP contribution in [0.25, 0.3) is 11.1 Å². The Morgan fingerprint density at radius 2 is 1.72 bits per heavy atom. The van der Waals surface area contributed by atoms with Crippen LogP contribution in [0.5, 0.6) is 0 Å². The largest absolute Gasteiger partial charge is 0.378 e. The molecule has 0 aliphatic heterocycles. The minimum atomic E-state index is -1.27. The van der Waals surface area contributed by atoms with Crippen LogP contribution in [0, 0.1) is 0 Å². The summed E-state index contributed by atoms with van der Waals surface area (Å²) in [5.41, 5.74) is 7.32. The maximum Gasteiger partial charge on any atom is 0.250 e. The van der Waals surface area contributed by atoms with Crippen molar-refractivity contribution in [3.63, 3.8) is 0 Å². The van der Waals surface area contributed by atoms with Gasteiger partial charge in [-0.15, -0.1) is 0 Å². The third-order valence-corrected chi connectivity index (χ3v) is 3.01. The SMILES string of the molecule is NC(=O)C(O)c1ccc(-c2ccccc2Cl)cc1. The van der Waals surface area contributed by atoms with Crippen molar-refractivity contribution >= 4 is 17.5 Å². The monoisotopic (exact) mass is 261 g/mol. The van der Waals surface area contributed by atoms with E-state index in [-0.39, 0.29) is 0 Å². The molecule has 2 rings (SSSR count). The molecule has 0 radical (unpaired) electrons. The average Bonchev–Trinajstić information content (AvgIpc) is 2.38. The summed E-state index contributed by atoms with van der Waals surface area (Å²) in [6.07, 6.45) is -1.27. The lowest BCUT2D eigenvalue weighted by atomic mass is 10.0. The van der Waals surface area contributed by atoms with E-state index in [1.807, 2.05) is 24.3 Å². The van der Waals surface area contributed by atoms with Crippen molar-refractivity contribution in [2.75, 3.05) is 0 Å². The highest BCUT2D eigenvalue weighted by Crippen LogP contribution is 2.28. The lowest BCUT2D eigenvalue weighted by Gasteiger charge is -2.08. The number of hydrogen-bond donors (Lipinski definition) is 2. The van der Waals surface area contributed by atoms with E-state index >= 15 is 0 Å². The molecular weight excluding hydrogens is 250 g/mol. The van der Waals surface area contributed by atoms with Gasteiger partial charge in [-0.05, 0) is 17.2 Å². The van der Waals surface area contributed by atoms with Gasteiger partial charge in [0, 0.05) is 10.6 Å². The number of benzene rings is 2. The van der Waals surface area contributed by atoms with E-state index in [0.717, 1.165) is 11.1 Å². The summed E-state index contributed by atoms with van der Waals surface area (Å²) in [7, 11) is 0. The Hall–Kier alpha value is -1.84. The van der Waals surface area contributed by atoms with Gasteiger partial charge in [-0.1, -0.05) is 54.1 Å². The van der Waals surface area contributed by atoms with Gasteiger partial charge in [0.15, 0.2) is 6.10 Å². The number of halogens is 1. The molecule has 1 atom stereocenters. The zero-order chi connectivity index (χ0) is 13.1. The van der Waals surface area contributed by atoms with E-state index in [1.165, 1.54) is 0 Å². The maximum atomic E-state index is 10.9. The number of rotatable bonds is 3. The van der Waals surface area contributed by atoms with Gasteiger partial charge >= 0.3 is 0 Å². The first kappa shape index (κ1) is 12.6. The van der Waals surface area contributed by atoms with Crippen LogP contribution >= 0.6 is 11.6 Å². The quantitative estimate of drug-likeness (QED) is 0.892. The summed E-state index contributed by atoms with van der Waals surface area (Å²) >= 11 is 6.09. The summed E-state index contributed by atoms with van der Waals surface area (Å²) in [5.74, 6) is -0.763. The molecule has 0 saturated carbocycles. The Bertz CT molecular complexity index is 566. The minimum absolute atomic E-state index is 0.471. The molecule has 0 aliphatic rings. The van der Waals surface area contributed by atoms with E-state index in [4.69, 9.17) is 17.3 Å². The van der Waals surface area contributed by atoms with E-state index in [9.17, 15) is 9.90 Å². The average molecular weight is 262 g/mol. The van der Waals surface area contributed by atoms with Gasteiger partial charge in [-0.3, -0.25) is 4.79 Å². The number of carbonyl (C=O) groups is 1. The molecule has 2 aromatic carbocycles. The maximum absolute atomic E-state index is 10.9.